The molecule has 1 amide bonds. The molecule has 0 atom stereocenters. The van der Waals surface area contributed by atoms with Crippen molar-refractivity contribution in [1.29, 1.82) is 0 Å². The van der Waals surface area contributed by atoms with E-state index in [-0.39, 0.29) is 5.91 Å². The zero-order chi connectivity index (χ0) is 14.4. The number of aromatic nitrogens is 2. The minimum Gasteiger partial charge on any atom is -0.497 e. The number of ether oxygens (including phenoxy) is 1. The molecule has 0 saturated heterocycles. The quantitative estimate of drug-likeness (QED) is 0.888. The molecular formula is C14H17N3O2S. The van der Waals surface area contributed by atoms with Gasteiger partial charge in [0.2, 0.25) is 11.0 Å². The third-order valence-electron chi connectivity index (χ3n) is 2.82. The third-order valence-corrected chi connectivity index (χ3v) is 3.72. The largest absolute Gasteiger partial charge is 0.497 e. The van der Waals surface area contributed by atoms with Crippen LogP contribution < -0.4 is 10.1 Å². The van der Waals surface area contributed by atoms with Gasteiger partial charge in [0, 0.05) is 12.8 Å². The Labute approximate surface area is 122 Å². The first-order valence-corrected chi connectivity index (χ1v) is 7.28. The molecule has 0 spiro atoms. The highest BCUT2D eigenvalue weighted by Gasteiger charge is 2.07. The predicted octanol–water partition coefficient (Wildman–Crippen LogP) is 2.68. The van der Waals surface area contributed by atoms with Crippen molar-refractivity contribution < 1.29 is 9.53 Å². The van der Waals surface area contributed by atoms with Gasteiger partial charge in [0.05, 0.1) is 7.11 Å². The molecule has 0 saturated carbocycles. The standard InChI is InChI=1S/C14H17N3O2S/c1-3-12(18)15-14-17-16-13(20-14)9-6-10-4-7-11(19-2)8-5-10/h4-5,7-8H,3,6,9H2,1-2H3,(H,15,17,18). The average Bonchev–Trinajstić information content (AvgIpc) is 2.93. The first kappa shape index (κ1) is 14.5. The molecule has 2 rings (SSSR count). The summed E-state index contributed by atoms with van der Waals surface area (Å²) in [6, 6.07) is 7.98. The van der Waals surface area contributed by atoms with E-state index in [1.165, 1.54) is 16.9 Å². The van der Waals surface area contributed by atoms with Crippen LogP contribution in [0.4, 0.5) is 5.13 Å². The van der Waals surface area contributed by atoms with Crippen molar-refractivity contribution in [2.75, 3.05) is 12.4 Å². The minimum absolute atomic E-state index is 0.0390. The van der Waals surface area contributed by atoms with Crippen LogP contribution in [0.3, 0.4) is 0 Å². The lowest BCUT2D eigenvalue weighted by Gasteiger charge is -2.01. The lowest BCUT2D eigenvalue weighted by atomic mass is 10.1. The number of aryl methyl sites for hydroxylation is 2. The third kappa shape index (κ3) is 4.03. The van der Waals surface area contributed by atoms with Crippen LogP contribution in [0.2, 0.25) is 0 Å². The van der Waals surface area contributed by atoms with Crippen LogP contribution in [-0.4, -0.2) is 23.2 Å². The number of anilines is 1. The number of nitrogens with zero attached hydrogens (tertiary/aromatic N) is 2. The van der Waals surface area contributed by atoms with E-state index >= 15 is 0 Å². The lowest BCUT2D eigenvalue weighted by molar-refractivity contribution is -0.115. The Morgan fingerprint density at radius 2 is 2.00 bits per heavy atom. The van der Waals surface area contributed by atoms with E-state index < -0.39 is 0 Å². The maximum absolute atomic E-state index is 11.2. The Morgan fingerprint density at radius 1 is 1.25 bits per heavy atom. The number of hydrogen-bond donors (Lipinski definition) is 1. The van der Waals surface area contributed by atoms with Crippen LogP contribution in [0.25, 0.3) is 0 Å². The highest BCUT2D eigenvalue weighted by Crippen LogP contribution is 2.18. The van der Waals surface area contributed by atoms with E-state index in [0.717, 1.165) is 23.6 Å². The van der Waals surface area contributed by atoms with Crippen molar-refractivity contribution in [2.45, 2.75) is 26.2 Å². The molecule has 0 radical (unpaired) electrons. The van der Waals surface area contributed by atoms with Gasteiger partial charge in [-0.2, -0.15) is 0 Å². The van der Waals surface area contributed by atoms with Gasteiger partial charge in [0.1, 0.15) is 10.8 Å². The van der Waals surface area contributed by atoms with Gasteiger partial charge >= 0.3 is 0 Å². The monoisotopic (exact) mass is 291 g/mol. The molecule has 20 heavy (non-hydrogen) atoms. The SMILES string of the molecule is CCC(=O)Nc1nnc(CCc2ccc(OC)cc2)s1. The average molecular weight is 291 g/mol. The van der Waals surface area contributed by atoms with Gasteiger partial charge in [-0.3, -0.25) is 4.79 Å². The molecule has 2 aromatic rings. The van der Waals surface area contributed by atoms with Crippen LogP contribution >= 0.6 is 11.3 Å². The molecule has 0 bridgehead atoms. The van der Waals surface area contributed by atoms with Crippen molar-refractivity contribution in [3.05, 3.63) is 34.8 Å². The van der Waals surface area contributed by atoms with Gasteiger partial charge in [-0.1, -0.05) is 30.4 Å². The molecule has 1 aromatic heterocycles. The fourth-order valence-corrected chi connectivity index (χ4v) is 2.41. The van der Waals surface area contributed by atoms with E-state index in [2.05, 4.69) is 15.5 Å². The summed E-state index contributed by atoms with van der Waals surface area (Å²) in [6.07, 6.45) is 2.15. The second kappa shape index (κ2) is 7.00. The number of carbonyl (C=O) groups is 1. The minimum atomic E-state index is -0.0390. The zero-order valence-corrected chi connectivity index (χ0v) is 12.4. The zero-order valence-electron chi connectivity index (χ0n) is 11.5. The number of amides is 1. The van der Waals surface area contributed by atoms with E-state index in [1.54, 1.807) is 14.0 Å². The molecule has 0 aliphatic carbocycles. The Kier molecular flexibility index (Phi) is 5.06. The summed E-state index contributed by atoms with van der Waals surface area (Å²) >= 11 is 1.42. The summed E-state index contributed by atoms with van der Waals surface area (Å²) in [4.78, 5) is 11.2. The normalized spacial score (nSPS) is 10.3. The Hall–Kier alpha value is -1.95. The molecule has 0 unspecified atom stereocenters. The summed E-state index contributed by atoms with van der Waals surface area (Å²) in [5.74, 6) is 0.817. The van der Waals surface area contributed by atoms with E-state index in [9.17, 15) is 4.79 Å². The van der Waals surface area contributed by atoms with E-state index in [1.807, 2.05) is 24.3 Å². The molecule has 1 aromatic carbocycles. The molecule has 0 aliphatic rings. The Morgan fingerprint density at radius 3 is 2.65 bits per heavy atom. The summed E-state index contributed by atoms with van der Waals surface area (Å²) < 4.78 is 5.12. The number of methoxy groups -OCH3 is 1. The van der Waals surface area contributed by atoms with Gasteiger partial charge in [-0.05, 0) is 24.1 Å². The van der Waals surface area contributed by atoms with E-state index in [4.69, 9.17) is 4.74 Å². The van der Waals surface area contributed by atoms with Crippen LogP contribution in [0, 0.1) is 0 Å². The number of carbonyl (C=O) groups excluding carboxylic acids is 1. The van der Waals surface area contributed by atoms with Crippen molar-refractivity contribution in [3.8, 4) is 5.75 Å². The molecule has 1 heterocycles. The summed E-state index contributed by atoms with van der Waals surface area (Å²) in [7, 11) is 1.66. The van der Waals surface area contributed by atoms with Crippen LogP contribution in [0.5, 0.6) is 5.75 Å². The fourth-order valence-electron chi connectivity index (χ4n) is 1.66. The van der Waals surface area contributed by atoms with E-state index in [0.29, 0.717) is 11.6 Å². The predicted molar refractivity (Wildman–Crippen MR) is 79.2 cm³/mol. The first-order valence-electron chi connectivity index (χ1n) is 6.46. The van der Waals surface area contributed by atoms with Gasteiger partial charge in [0.15, 0.2) is 0 Å². The van der Waals surface area contributed by atoms with Gasteiger partial charge < -0.3 is 10.1 Å². The van der Waals surface area contributed by atoms with Crippen molar-refractivity contribution in [1.82, 2.24) is 10.2 Å². The molecule has 0 fully saturated rings. The maximum Gasteiger partial charge on any atom is 0.225 e. The summed E-state index contributed by atoms with van der Waals surface area (Å²) in [6.45, 7) is 1.81. The maximum atomic E-state index is 11.2. The summed E-state index contributed by atoms with van der Waals surface area (Å²) in [5.41, 5.74) is 1.22. The number of benzene rings is 1. The second-order valence-electron chi connectivity index (χ2n) is 4.25. The Bertz CT molecular complexity index is 566. The second-order valence-corrected chi connectivity index (χ2v) is 5.31. The van der Waals surface area contributed by atoms with Crippen molar-refractivity contribution in [3.63, 3.8) is 0 Å². The molecule has 0 aliphatic heterocycles. The first-order chi connectivity index (χ1) is 9.71. The summed E-state index contributed by atoms with van der Waals surface area (Å²) in [5, 5.41) is 12.3. The number of rotatable bonds is 6. The number of nitrogens with one attached hydrogen (secondary N) is 1. The van der Waals surface area contributed by atoms with Crippen LogP contribution in [-0.2, 0) is 17.6 Å². The van der Waals surface area contributed by atoms with Crippen molar-refractivity contribution >= 4 is 22.4 Å². The highest BCUT2D eigenvalue weighted by atomic mass is 32.1. The van der Waals surface area contributed by atoms with Gasteiger partial charge in [0.25, 0.3) is 0 Å². The molecule has 1 N–H and O–H groups in total. The van der Waals surface area contributed by atoms with Crippen LogP contribution in [0.15, 0.2) is 24.3 Å². The topological polar surface area (TPSA) is 64.1 Å². The fraction of sp³-hybridized carbons (Fsp3) is 0.357. The molecular weight excluding hydrogens is 274 g/mol. The van der Waals surface area contributed by atoms with Crippen molar-refractivity contribution in [2.24, 2.45) is 0 Å². The molecule has 6 heteroatoms. The lowest BCUT2D eigenvalue weighted by Crippen LogP contribution is -2.08. The van der Waals surface area contributed by atoms with Crippen LogP contribution in [0.1, 0.15) is 23.9 Å². The highest BCUT2D eigenvalue weighted by molar-refractivity contribution is 7.15. The Balaban J connectivity index is 1.88. The smallest absolute Gasteiger partial charge is 0.225 e. The van der Waals surface area contributed by atoms with Gasteiger partial charge in [-0.25, -0.2) is 0 Å². The molecule has 106 valence electrons. The molecule has 5 nitrogen and oxygen atoms in total. The number of hydrogen-bond acceptors (Lipinski definition) is 5. The van der Waals surface area contributed by atoms with Gasteiger partial charge in [-0.15, -0.1) is 10.2 Å².